The van der Waals surface area contributed by atoms with E-state index < -0.39 is 0 Å². The second kappa shape index (κ2) is 9.02. The highest BCUT2D eigenvalue weighted by Crippen LogP contribution is 2.36. The fraction of sp³-hybridized carbons (Fsp3) is 0.231. The Morgan fingerprint density at radius 2 is 1.94 bits per heavy atom. The van der Waals surface area contributed by atoms with Crippen molar-refractivity contribution < 1.29 is 13.9 Å². The van der Waals surface area contributed by atoms with Gasteiger partial charge in [-0.1, -0.05) is 18.2 Å². The fourth-order valence-corrected chi connectivity index (χ4v) is 4.66. The Labute approximate surface area is 206 Å². The van der Waals surface area contributed by atoms with Gasteiger partial charge in [-0.3, -0.25) is 9.48 Å². The number of para-hydroxylation sites is 1. The minimum Gasteiger partial charge on any atom is -0.496 e. The largest absolute Gasteiger partial charge is 0.496 e. The van der Waals surface area contributed by atoms with Crippen LogP contribution in [0.2, 0.25) is 0 Å². The van der Waals surface area contributed by atoms with Gasteiger partial charge < -0.3 is 19.4 Å². The van der Waals surface area contributed by atoms with Crippen molar-refractivity contribution in [1.82, 2.24) is 14.7 Å². The van der Waals surface area contributed by atoms with Crippen LogP contribution in [0.5, 0.6) is 5.75 Å². The highest BCUT2D eigenvalue weighted by molar-refractivity contribution is 9.10. The molecule has 5 rings (SSSR count). The zero-order valence-corrected chi connectivity index (χ0v) is 20.8. The van der Waals surface area contributed by atoms with E-state index in [0.717, 1.165) is 44.2 Å². The molecule has 1 atom stereocenters. The van der Waals surface area contributed by atoms with E-state index in [1.54, 1.807) is 18.3 Å². The maximum Gasteiger partial charge on any atom is 0.258 e. The first-order valence-corrected chi connectivity index (χ1v) is 11.8. The molecule has 0 saturated heterocycles. The van der Waals surface area contributed by atoms with Crippen molar-refractivity contribution in [2.24, 2.45) is 0 Å². The Hall–Kier alpha value is -3.52. The summed E-state index contributed by atoms with van der Waals surface area (Å²) < 4.78 is 14.2. The summed E-state index contributed by atoms with van der Waals surface area (Å²) in [6, 6.07) is 17.3. The lowest BCUT2D eigenvalue weighted by atomic mass is 10.0. The lowest BCUT2D eigenvalue weighted by molar-refractivity contribution is 0.0651. The van der Waals surface area contributed by atoms with Crippen LogP contribution in [0.25, 0.3) is 0 Å². The van der Waals surface area contributed by atoms with Gasteiger partial charge in [0, 0.05) is 11.3 Å². The van der Waals surface area contributed by atoms with Gasteiger partial charge in [-0.15, -0.1) is 0 Å². The lowest BCUT2D eigenvalue weighted by Crippen LogP contribution is -2.42. The average Bonchev–Trinajstić information content (AvgIpc) is 3.45. The summed E-state index contributed by atoms with van der Waals surface area (Å²) >= 11 is 3.61. The molecular weight excluding hydrogens is 496 g/mol. The number of anilines is 1. The number of rotatable bonds is 6. The quantitative estimate of drug-likeness (QED) is 0.354. The van der Waals surface area contributed by atoms with Crippen molar-refractivity contribution in [3.05, 3.63) is 99.2 Å². The summed E-state index contributed by atoms with van der Waals surface area (Å²) in [6.07, 6.45) is 1.25. The van der Waals surface area contributed by atoms with Crippen molar-refractivity contribution >= 4 is 27.5 Å². The number of fused-ring (bicyclic) bond motifs is 1. The van der Waals surface area contributed by atoms with E-state index in [2.05, 4.69) is 32.4 Å². The van der Waals surface area contributed by atoms with E-state index in [-0.39, 0.29) is 12.1 Å². The summed E-state index contributed by atoms with van der Waals surface area (Å²) in [4.78, 5) is 15.3. The summed E-state index contributed by atoms with van der Waals surface area (Å²) in [5.41, 5.74) is 5.37. The van der Waals surface area contributed by atoms with Crippen LogP contribution >= 0.6 is 15.9 Å². The van der Waals surface area contributed by atoms with Gasteiger partial charge in [0.15, 0.2) is 0 Å². The van der Waals surface area contributed by atoms with Gasteiger partial charge in [0.1, 0.15) is 17.7 Å². The molecule has 0 aliphatic carbocycles. The number of carbonyl (C=O) groups is 1. The summed E-state index contributed by atoms with van der Waals surface area (Å²) in [6.45, 7) is 4.90. The third-order valence-electron chi connectivity index (χ3n) is 6.16. The Morgan fingerprint density at radius 3 is 2.65 bits per heavy atom. The fourth-order valence-electron chi connectivity index (χ4n) is 4.37. The number of benzene rings is 2. The molecule has 0 spiro atoms. The maximum atomic E-state index is 13.5. The van der Waals surface area contributed by atoms with Crippen molar-refractivity contribution in [3.8, 4) is 5.75 Å². The Morgan fingerprint density at radius 1 is 1.12 bits per heavy atom. The highest BCUT2D eigenvalue weighted by Gasteiger charge is 2.33. The zero-order chi connectivity index (χ0) is 23.8. The van der Waals surface area contributed by atoms with E-state index in [1.807, 2.05) is 67.1 Å². The van der Waals surface area contributed by atoms with Crippen LogP contribution < -0.4 is 10.1 Å². The number of methoxy groups -OCH3 is 1. The summed E-state index contributed by atoms with van der Waals surface area (Å²) in [5.74, 6) is 1.45. The predicted octanol–water partition coefficient (Wildman–Crippen LogP) is 5.68. The normalized spacial score (nSPS) is 15.2. The molecule has 1 amide bonds. The standard InChI is InChI=1S/C26H25BrN4O3/c1-16-24(27)17(2)31(29-16)14-19-13-18(10-11-23(19)33-3)25-28-22-9-5-4-8-21(22)26(32)30(25)15-20-7-6-12-34-20/h4-13,25,28H,14-15H2,1-3H3/t25-/m0/s1. The van der Waals surface area contributed by atoms with Gasteiger partial charge in [-0.2, -0.15) is 5.10 Å². The van der Waals surface area contributed by atoms with Gasteiger partial charge in [0.05, 0.1) is 47.9 Å². The molecule has 2 aromatic carbocycles. The zero-order valence-electron chi connectivity index (χ0n) is 19.2. The van der Waals surface area contributed by atoms with Crippen LogP contribution in [0.15, 0.2) is 69.8 Å². The molecule has 7 nitrogen and oxygen atoms in total. The molecule has 2 aromatic heterocycles. The van der Waals surface area contributed by atoms with Gasteiger partial charge >= 0.3 is 0 Å². The van der Waals surface area contributed by atoms with Crippen LogP contribution in [-0.2, 0) is 13.1 Å². The molecule has 0 saturated carbocycles. The number of amides is 1. The van der Waals surface area contributed by atoms with E-state index >= 15 is 0 Å². The van der Waals surface area contributed by atoms with E-state index in [0.29, 0.717) is 18.7 Å². The number of hydrogen-bond acceptors (Lipinski definition) is 5. The lowest BCUT2D eigenvalue weighted by Gasteiger charge is -2.38. The molecule has 4 aromatic rings. The second-order valence-electron chi connectivity index (χ2n) is 8.32. The number of furan rings is 1. The number of carbonyl (C=O) groups excluding carboxylic acids is 1. The van der Waals surface area contributed by atoms with Crippen LogP contribution in [-0.4, -0.2) is 27.7 Å². The number of nitrogens with one attached hydrogen (secondary N) is 1. The first-order chi connectivity index (χ1) is 16.5. The Balaban J connectivity index is 1.55. The number of ether oxygens (including phenoxy) is 1. The SMILES string of the molecule is COc1ccc([C@H]2Nc3ccccc3C(=O)N2Cc2ccco2)cc1Cn1nc(C)c(Br)c1C. The van der Waals surface area contributed by atoms with Crippen molar-refractivity contribution in [1.29, 1.82) is 0 Å². The molecule has 0 radical (unpaired) electrons. The van der Waals surface area contributed by atoms with Gasteiger partial charge in [0.2, 0.25) is 0 Å². The molecular formula is C26H25BrN4O3. The third-order valence-corrected chi connectivity index (χ3v) is 7.31. The van der Waals surface area contributed by atoms with Crippen LogP contribution in [0.4, 0.5) is 5.69 Å². The van der Waals surface area contributed by atoms with Crippen LogP contribution in [0.1, 0.15) is 44.8 Å². The smallest absolute Gasteiger partial charge is 0.258 e. The van der Waals surface area contributed by atoms with Crippen molar-refractivity contribution in [2.45, 2.75) is 33.1 Å². The molecule has 1 N–H and O–H groups in total. The highest BCUT2D eigenvalue weighted by atomic mass is 79.9. The number of aromatic nitrogens is 2. The molecule has 174 valence electrons. The number of halogens is 1. The minimum atomic E-state index is -0.371. The average molecular weight is 521 g/mol. The van der Waals surface area contributed by atoms with Gasteiger partial charge in [-0.05, 0) is 71.7 Å². The summed E-state index contributed by atoms with van der Waals surface area (Å²) in [5, 5.41) is 8.20. The summed E-state index contributed by atoms with van der Waals surface area (Å²) in [7, 11) is 1.66. The molecule has 0 bridgehead atoms. The topological polar surface area (TPSA) is 72.5 Å². The van der Waals surface area contributed by atoms with E-state index in [9.17, 15) is 4.79 Å². The molecule has 0 fully saturated rings. The van der Waals surface area contributed by atoms with Crippen LogP contribution in [0, 0.1) is 13.8 Å². The monoisotopic (exact) mass is 520 g/mol. The molecule has 8 heteroatoms. The molecule has 3 heterocycles. The number of nitrogens with zero attached hydrogens (tertiary/aromatic N) is 3. The Bertz CT molecular complexity index is 1350. The van der Waals surface area contributed by atoms with E-state index in [1.165, 1.54) is 0 Å². The molecule has 34 heavy (non-hydrogen) atoms. The van der Waals surface area contributed by atoms with Crippen molar-refractivity contribution in [2.75, 3.05) is 12.4 Å². The third kappa shape index (κ3) is 3.98. The molecule has 1 aliphatic heterocycles. The predicted molar refractivity (Wildman–Crippen MR) is 133 cm³/mol. The first kappa shape index (κ1) is 22.3. The first-order valence-electron chi connectivity index (χ1n) is 11.0. The molecule has 1 aliphatic rings. The number of hydrogen-bond donors (Lipinski definition) is 1. The van der Waals surface area contributed by atoms with Crippen LogP contribution in [0.3, 0.4) is 0 Å². The molecule has 0 unspecified atom stereocenters. The van der Waals surface area contributed by atoms with Gasteiger partial charge in [0.25, 0.3) is 5.91 Å². The van der Waals surface area contributed by atoms with E-state index in [4.69, 9.17) is 9.15 Å². The second-order valence-corrected chi connectivity index (χ2v) is 9.11. The maximum absolute atomic E-state index is 13.5. The van der Waals surface area contributed by atoms with Crippen molar-refractivity contribution in [3.63, 3.8) is 0 Å². The Kier molecular flexibility index (Phi) is 5.91. The minimum absolute atomic E-state index is 0.0457. The number of aryl methyl sites for hydroxylation is 1. The van der Waals surface area contributed by atoms with Gasteiger partial charge in [-0.25, -0.2) is 0 Å².